The summed E-state index contributed by atoms with van der Waals surface area (Å²) >= 11 is 0. The minimum absolute atomic E-state index is 0.258. The van der Waals surface area contributed by atoms with Crippen LogP contribution in [0.15, 0.2) is 0 Å². The molecular formula is C19H34N4O6. The van der Waals surface area contributed by atoms with Crippen molar-refractivity contribution in [2.45, 2.75) is 83.5 Å². The Kier molecular flexibility index (Phi) is 9.35. The van der Waals surface area contributed by atoms with E-state index in [1.54, 1.807) is 20.8 Å². The van der Waals surface area contributed by atoms with Crippen LogP contribution in [0.3, 0.4) is 0 Å². The van der Waals surface area contributed by atoms with Crippen molar-refractivity contribution in [3.63, 3.8) is 0 Å². The number of carbonyl (C=O) groups is 4. The van der Waals surface area contributed by atoms with Crippen molar-refractivity contribution in [3.05, 3.63) is 0 Å². The third-order valence-electron chi connectivity index (χ3n) is 4.50. The SMILES string of the molecule is C[C@H](NC(=O)[C@@H]1CCCN1C(=O)OC(C)(C)C)C(=O)N[C@@H](CCCCN)C(=O)O. The molecule has 10 nitrogen and oxygen atoms in total. The second-order valence-corrected chi connectivity index (χ2v) is 8.25. The van der Waals surface area contributed by atoms with E-state index in [1.165, 1.54) is 11.8 Å². The normalized spacial score (nSPS) is 18.7. The predicted molar refractivity (Wildman–Crippen MR) is 106 cm³/mol. The maximum Gasteiger partial charge on any atom is 0.410 e. The molecule has 0 radical (unpaired) electrons. The van der Waals surface area contributed by atoms with Crippen LogP contribution in [0.25, 0.3) is 0 Å². The van der Waals surface area contributed by atoms with Gasteiger partial charge in [-0.25, -0.2) is 9.59 Å². The third kappa shape index (κ3) is 8.26. The topological polar surface area (TPSA) is 151 Å². The first kappa shape index (κ1) is 24.7. The van der Waals surface area contributed by atoms with Gasteiger partial charge in [-0.15, -0.1) is 0 Å². The number of rotatable bonds is 9. The molecule has 1 saturated heterocycles. The van der Waals surface area contributed by atoms with Gasteiger partial charge in [0.05, 0.1) is 0 Å². The van der Waals surface area contributed by atoms with E-state index in [-0.39, 0.29) is 6.42 Å². The average Bonchev–Trinajstić information content (AvgIpc) is 3.09. The van der Waals surface area contributed by atoms with Crippen LogP contribution in [0.1, 0.15) is 59.8 Å². The Morgan fingerprint density at radius 1 is 1.21 bits per heavy atom. The number of carboxylic acid groups (broad SMARTS) is 1. The molecular weight excluding hydrogens is 380 g/mol. The number of nitrogens with zero attached hydrogens (tertiary/aromatic N) is 1. The van der Waals surface area contributed by atoms with Crippen LogP contribution >= 0.6 is 0 Å². The summed E-state index contributed by atoms with van der Waals surface area (Å²) in [6.07, 6.45) is 2.04. The monoisotopic (exact) mass is 414 g/mol. The van der Waals surface area contributed by atoms with Crippen molar-refractivity contribution in [3.8, 4) is 0 Å². The first-order valence-electron chi connectivity index (χ1n) is 9.99. The van der Waals surface area contributed by atoms with E-state index in [1.807, 2.05) is 0 Å². The first-order chi connectivity index (χ1) is 13.5. The molecule has 0 aromatic heterocycles. The van der Waals surface area contributed by atoms with E-state index in [4.69, 9.17) is 10.5 Å². The summed E-state index contributed by atoms with van der Waals surface area (Å²) < 4.78 is 5.33. The summed E-state index contributed by atoms with van der Waals surface area (Å²) in [4.78, 5) is 49.9. The smallest absolute Gasteiger partial charge is 0.410 e. The van der Waals surface area contributed by atoms with Crippen LogP contribution in [0.2, 0.25) is 0 Å². The van der Waals surface area contributed by atoms with Gasteiger partial charge in [-0.1, -0.05) is 0 Å². The summed E-state index contributed by atoms with van der Waals surface area (Å²) in [5.74, 6) is -2.20. The van der Waals surface area contributed by atoms with Gasteiger partial charge in [0.2, 0.25) is 11.8 Å². The van der Waals surface area contributed by atoms with Crippen molar-refractivity contribution in [1.82, 2.24) is 15.5 Å². The highest BCUT2D eigenvalue weighted by Gasteiger charge is 2.37. The van der Waals surface area contributed by atoms with Gasteiger partial charge in [-0.2, -0.15) is 0 Å². The molecule has 0 aromatic rings. The predicted octanol–water partition coefficient (Wildman–Crippen LogP) is 0.589. The number of hydrogen-bond acceptors (Lipinski definition) is 6. The van der Waals surface area contributed by atoms with Crippen molar-refractivity contribution >= 4 is 23.9 Å². The van der Waals surface area contributed by atoms with Gasteiger partial charge >= 0.3 is 12.1 Å². The molecule has 1 heterocycles. The Labute approximate surface area is 171 Å². The van der Waals surface area contributed by atoms with E-state index in [0.29, 0.717) is 38.8 Å². The van der Waals surface area contributed by atoms with E-state index < -0.39 is 47.6 Å². The Bertz CT molecular complexity index is 604. The number of aliphatic carboxylic acids is 1. The molecule has 3 amide bonds. The summed E-state index contributed by atoms with van der Waals surface area (Å²) in [5.41, 5.74) is 4.72. The maximum atomic E-state index is 12.6. The van der Waals surface area contributed by atoms with E-state index >= 15 is 0 Å². The molecule has 10 heteroatoms. The average molecular weight is 415 g/mol. The van der Waals surface area contributed by atoms with Crippen molar-refractivity contribution in [2.75, 3.05) is 13.1 Å². The van der Waals surface area contributed by atoms with Gasteiger partial charge in [-0.3, -0.25) is 14.5 Å². The molecule has 1 rings (SSSR count). The summed E-state index contributed by atoms with van der Waals surface area (Å²) in [6, 6.07) is -2.71. The fraction of sp³-hybridized carbons (Fsp3) is 0.789. The Hall–Kier alpha value is -2.36. The number of likely N-dealkylation sites (tertiary alicyclic amines) is 1. The highest BCUT2D eigenvalue weighted by Crippen LogP contribution is 2.21. The Morgan fingerprint density at radius 2 is 1.86 bits per heavy atom. The minimum Gasteiger partial charge on any atom is -0.480 e. The number of unbranched alkanes of at least 4 members (excludes halogenated alkanes) is 1. The zero-order valence-corrected chi connectivity index (χ0v) is 17.7. The van der Waals surface area contributed by atoms with E-state index in [2.05, 4.69) is 10.6 Å². The number of nitrogens with one attached hydrogen (secondary N) is 2. The van der Waals surface area contributed by atoms with Gasteiger partial charge in [0.25, 0.3) is 0 Å². The standard InChI is InChI=1S/C19H34N4O6/c1-12(15(24)22-13(17(26)27)8-5-6-10-20)21-16(25)14-9-7-11-23(14)18(28)29-19(2,3)4/h12-14H,5-11,20H2,1-4H3,(H,21,25)(H,22,24)(H,26,27)/t12-,13-,14-/m0/s1. The van der Waals surface area contributed by atoms with Crippen LogP contribution in [0.4, 0.5) is 4.79 Å². The van der Waals surface area contributed by atoms with E-state index in [9.17, 15) is 24.3 Å². The molecule has 0 unspecified atom stereocenters. The van der Waals surface area contributed by atoms with Crippen molar-refractivity contribution in [2.24, 2.45) is 5.73 Å². The number of ether oxygens (including phenoxy) is 1. The fourth-order valence-corrected chi connectivity index (χ4v) is 3.00. The van der Waals surface area contributed by atoms with Crippen LogP contribution in [-0.2, 0) is 19.1 Å². The second-order valence-electron chi connectivity index (χ2n) is 8.25. The molecule has 1 aliphatic rings. The third-order valence-corrected chi connectivity index (χ3v) is 4.50. The fourth-order valence-electron chi connectivity index (χ4n) is 3.00. The molecule has 1 aliphatic heterocycles. The summed E-state index contributed by atoms with van der Waals surface area (Å²) in [5, 5.41) is 14.3. The molecule has 166 valence electrons. The highest BCUT2D eigenvalue weighted by molar-refractivity contribution is 5.92. The molecule has 0 aromatic carbocycles. The number of hydrogen-bond donors (Lipinski definition) is 4. The molecule has 0 aliphatic carbocycles. The zero-order valence-electron chi connectivity index (χ0n) is 17.7. The molecule has 29 heavy (non-hydrogen) atoms. The van der Waals surface area contributed by atoms with Gasteiger partial charge in [0, 0.05) is 6.54 Å². The van der Waals surface area contributed by atoms with Gasteiger partial charge in [-0.05, 0) is 66.3 Å². The maximum absolute atomic E-state index is 12.6. The van der Waals surface area contributed by atoms with Crippen LogP contribution < -0.4 is 16.4 Å². The molecule has 0 saturated carbocycles. The molecule has 3 atom stereocenters. The number of carbonyl (C=O) groups excluding carboxylic acids is 3. The van der Waals surface area contributed by atoms with E-state index in [0.717, 1.165) is 0 Å². The lowest BCUT2D eigenvalue weighted by molar-refractivity contribution is -0.142. The molecule has 5 N–H and O–H groups in total. The van der Waals surface area contributed by atoms with Crippen molar-refractivity contribution in [1.29, 1.82) is 0 Å². The van der Waals surface area contributed by atoms with Crippen LogP contribution in [-0.4, -0.2) is 70.7 Å². The zero-order chi connectivity index (χ0) is 22.2. The van der Waals surface area contributed by atoms with Gasteiger partial charge < -0.3 is 26.2 Å². The number of amides is 3. The van der Waals surface area contributed by atoms with Crippen LogP contribution in [0, 0.1) is 0 Å². The molecule has 1 fully saturated rings. The Balaban J connectivity index is 2.63. The Morgan fingerprint density at radius 3 is 2.41 bits per heavy atom. The van der Waals surface area contributed by atoms with Crippen molar-refractivity contribution < 1.29 is 29.0 Å². The first-order valence-corrected chi connectivity index (χ1v) is 9.99. The number of carboxylic acids is 1. The molecule has 0 spiro atoms. The summed E-state index contributed by atoms with van der Waals surface area (Å²) in [7, 11) is 0. The lowest BCUT2D eigenvalue weighted by Gasteiger charge is -2.28. The second kappa shape index (κ2) is 11.0. The number of nitrogens with two attached hydrogens (primary N) is 1. The largest absolute Gasteiger partial charge is 0.480 e. The lowest BCUT2D eigenvalue weighted by Crippen LogP contribution is -2.54. The highest BCUT2D eigenvalue weighted by atomic mass is 16.6. The molecule has 0 bridgehead atoms. The lowest BCUT2D eigenvalue weighted by atomic mass is 10.1. The quantitative estimate of drug-likeness (QED) is 0.403. The minimum atomic E-state index is -1.14. The summed E-state index contributed by atoms with van der Waals surface area (Å²) in [6.45, 7) is 7.55. The van der Waals surface area contributed by atoms with Gasteiger partial charge in [0.1, 0.15) is 23.7 Å². The van der Waals surface area contributed by atoms with Crippen LogP contribution in [0.5, 0.6) is 0 Å². The van der Waals surface area contributed by atoms with Gasteiger partial charge in [0.15, 0.2) is 0 Å².